The van der Waals surface area contributed by atoms with Crippen molar-refractivity contribution in [1.29, 1.82) is 0 Å². The van der Waals surface area contributed by atoms with Crippen molar-refractivity contribution < 1.29 is 9.72 Å². The third kappa shape index (κ3) is 3.51. The molecule has 1 aromatic rings. The molecule has 0 radical (unpaired) electrons. The fraction of sp³-hybridized carbons (Fsp3) is 0.462. The summed E-state index contributed by atoms with van der Waals surface area (Å²) < 4.78 is 0. The first kappa shape index (κ1) is 15.1. The Hall–Kier alpha value is -1.95. The number of hydrogen-bond donors (Lipinski definition) is 1. The quantitative estimate of drug-likeness (QED) is 0.652. The lowest BCUT2D eigenvalue weighted by Crippen LogP contribution is -2.53. The second kappa shape index (κ2) is 5.79. The normalized spacial score (nSPS) is 11.2. The number of nitro benzene ring substituents is 1. The molecule has 0 aliphatic heterocycles. The summed E-state index contributed by atoms with van der Waals surface area (Å²) in [6.45, 7) is 6.23. The molecule has 0 aromatic heterocycles. The molecular weight excluding hydrogens is 246 g/mol. The van der Waals surface area contributed by atoms with Crippen LogP contribution in [-0.4, -0.2) is 30.0 Å². The van der Waals surface area contributed by atoms with Gasteiger partial charge in [0.15, 0.2) is 0 Å². The molecule has 1 aromatic carbocycles. The zero-order valence-electron chi connectivity index (χ0n) is 11.6. The van der Waals surface area contributed by atoms with Gasteiger partial charge in [-0.2, -0.15) is 0 Å². The van der Waals surface area contributed by atoms with E-state index in [1.54, 1.807) is 33.0 Å². The van der Waals surface area contributed by atoms with E-state index < -0.39 is 10.5 Å². The van der Waals surface area contributed by atoms with E-state index in [1.165, 1.54) is 17.0 Å². The highest BCUT2D eigenvalue weighted by atomic mass is 16.6. The van der Waals surface area contributed by atoms with Gasteiger partial charge in [0.05, 0.1) is 10.5 Å². The van der Waals surface area contributed by atoms with E-state index in [2.05, 4.69) is 5.32 Å². The van der Waals surface area contributed by atoms with Crippen LogP contribution in [0.5, 0.6) is 0 Å². The topological polar surface area (TPSA) is 75.5 Å². The summed E-state index contributed by atoms with van der Waals surface area (Å²) >= 11 is 0. The molecule has 0 spiro atoms. The van der Waals surface area contributed by atoms with Crippen molar-refractivity contribution in [3.8, 4) is 0 Å². The number of nitro groups is 1. The summed E-state index contributed by atoms with van der Waals surface area (Å²) in [5.41, 5.74) is -0.0391. The number of benzene rings is 1. The molecule has 6 heteroatoms. The van der Waals surface area contributed by atoms with Gasteiger partial charge in [0.1, 0.15) is 0 Å². The maximum Gasteiger partial charge on any atom is 0.269 e. The van der Waals surface area contributed by atoms with Crippen molar-refractivity contribution in [2.75, 3.05) is 18.5 Å². The van der Waals surface area contributed by atoms with Gasteiger partial charge >= 0.3 is 0 Å². The number of amides is 1. The minimum absolute atomic E-state index is 0.00976. The first-order valence-corrected chi connectivity index (χ1v) is 6.07. The number of nitrogens with zero attached hydrogens (tertiary/aromatic N) is 2. The Morgan fingerprint density at radius 3 is 2.32 bits per heavy atom. The molecule has 0 heterocycles. The van der Waals surface area contributed by atoms with Crippen molar-refractivity contribution in [1.82, 2.24) is 5.32 Å². The molecule has 104 valence electrons. The van der Waals surface area contributed by atoms with Crippen LogP contribution in [0.1, 0.15) is 20.8 Å². The highest BCUT2D eigenvalue weighted by Crippen LogP contribution is 2.20. The van der Waals surface area contributed by atoms with Crippen LogP contribution in [0.3, 0.4) is 0 Å². The Bertz CT molecular complexity index is 469. The van der Waals surface area contributed by atoms with Gasteiger partial charge in [-0.15, -0.1) is 0 Å². The second-order valence-corrected chi connectivity index (χ2v) is 4.79. The summed E-state index contributed by atoms with van der Waals surface area (Å²) in [6.07, 6.45) is 0. The molecule has 0 aliphatic carbocycles. The average molecular weight is 265 g/mol. The number of non-ortho nitro benzene ring substituents is 1. The molecule has 0 unspecified atom stereocenters. The van der Waals surface area contributed by atoms with Gasteiger partial charge in [0.25, 0.3) is 5.69 Å². The van der Waals surface area contributed by atoms with Crippen molar-refractivity contribution in [2.45, 2.75) is 26.3 Å². The van der Waals surface area contributed by atoms with Crippen LogP contribution in [0.2, 0.25) is 0 Å². The third-order valence-electron chi connectivity index (χ3n) is 2.91. The number of carbonyl (C=O) groups excluding carboxylic acids is 1. The standard InChI is InChI=1S/C13H19N3O3/c1-5-14-13(2,3)12(17)15(4)10-6-8-11(9-7-10)16(18)19/h6-9,14H,5H2,1-4H3. The molecule has 0 saturated carbocycles. The lowest BCUT2D eigenvalue weighted by atomic mass is 10.0. The van der Waals surface area contributed by atoms with E-state index in [4.69, 9.17) is 0 Å². The zero-order chi connectivity index (χ0) is 14.6. The number of nitrogens with one attached hydrogen (secondary N) is 1. The van der Waals surface area contributed by atoms with Gasteiger partial charge in [-0.1, -0.05) is 6.92 Å². The van der Waals surface area contributed by atoms with Gasteiger partial charge in [-0.25, -0.2) is 0 Å². The average Bonchev–Trinajstić information content (AvgIpc) is 2.37. The Labute approximate surface area is 112 Å². The number of likely N-dealkylation sites (N-methyl/N-ethyl adjacent to an activating group) is 2. The molecule has 0 bridgehead atoms. The van der Waals surface area contributed by atoms with Gasteiger partial charge in [0, 0.05) is 24.9 Å². The van der Waals surface area contributed by atoms with E-state index >= 15 is 0 Å². The molecular formula is C13H19N3O3. The number of rotatable bonds is 5. The molecule has 0 saturated heterocycles. The van der Waals surface area contributed by atoms with E-state index in [-0.39, 0.29) is 11.6 Å². The molecule has 19 heavy (non-hydrogen) atoms. The largest absolute Gasteiger partial charge is 0.314 e. The molecule has 0 aliphatic rings. The van der Waals surface area contributed by atoms with E-state index in [9.17, 15) is 14.9 Å². The number of carbonyl (C=O) groups is 1. The van der Waals surface area contributed by atoms with Gasteiger partial charge in [0.2, 0.25) is 5.91 Å². The molecule has 1 N–H and O–H groups in total. The van der Waals surface area contributed by atoms with Crippen molar-refractivity contribution >= 4 is 17.3 Å². The SMILES string of the molecule is CCNC(C)(C)C(=O)N(C)c1ccc([N+](=O)[O-])cc1. The van der Waals surface area contributed by atoms with Crippen molar-refractivity contribution in [3.63, 3.8) is 0 Å². The molecule has 1 amide bonds. The van der Waals surface area contributed by atoms with Gasteiger partial charge in [-0.05, 0) is 32.5 Å². The first-order chi connectivity index (χ1) is 8.79. The summed E-state index contributed by atoms with van der Waals surface area (Å²) in [5, 5.41) is 13.7. The van der Waals surface area contributed by atoms with Crippen LogP contribution in [-0.2, 0) is 4.79 Å². The summed E-state index contributed by atoms with van der Waals surface area (Å²) in [7, 11) is 1.66. The minimum atomic E-state index is -0.675. The molecule has 6 nitrogen and oxygen atoms in total. The van der Waals surface area contributed by atoms with E-state index in [0.717, 1.165) is 0 Å². The Morgan fingerprint density at radius 1 is 1.37 bits per heavy atom. The lowest BCUT2D eigenvalue weighted by Gasteiger charge is -2.30. The fourth-order valence-corrected chi connectivity index (χ4v) is 1.85. The van der Waals surface area contributed by atoms with Crippen molar-refractivity contribution in [2.24, 2.45) is 0 Å². The predicted octanol–water partition coefficient (Wildman–Crippen LogP) is 1.95. The molecule has 0 atom stereocenters. The van der Waals surface area contributed by atoms with Crippen LogP contribution in [0.4, 0.5) is 11.4 Å². The van der Waals surface area contributed by atoms with Crippen LogP contribution < -0.4 is 10.2 Å². The summed E-state index contributed by atoms with van der Waals surface area (Å²) in [6, 6.07) is 5.91. The van der Waals surface area contributed by atoms with Gasteiger partial charge in [-0.3, -0.25) is 14.9 Å². The zero-order valence-corrected chi connectivity index (χ0v) is 11.6. The maximum absolute atomic E-state index is 12.3. The predicted molar refractivity (Wildman–Crippen MR) is 74.3 cm³/mol. The Morgan fingerprint density at radius 2 is 1.89 bits per heavy atom. The summed E-state index contributed by atoms with van der Waals surface area (Å²) in [4.78, 5) is 23.9. The van der Waals surface area contributed by atoms with Crippen LogP contribution in [0.15, 0.2) is 24.3 Å². The maximum atomic E-state index is 12.3. The van der Waals surface area contributed by atoms with E-state index in [1.807, 2.05) is 6.92 Å². The van der Waals surface area contributed by atoms with Gasteiger partial charge < -0.3 is 10.2 Å². The monoisotopic (exact) mass is 265 g/mol. The molecule has 1 rings (SSSR count). The van der Waals surface area contributed by atoms with Crippen LogP contribution in [0.25, 0.3) is 0 Å². The lowest BCUT2D eigenvalue weighted by molar-refractivity contribution is -0.384. The summed E-state index contributed by atoms with van der Waals surface area (Å²) in [5.74, 6) is -0.0943. The molecule has 0 fully saturated rings. The van der Waals surface area contributed by atoms with Crippen LogP contribution in [0, 0.1) is 10.1 Å². The third-order valence-corrected chi connectivity index (χ3v) is 2.91. The number of hydrogen-bond acceptors (Lipinski definition) is 4. The highest BCUT2D eigenvalue weighted by molar-refractivity contribution is 5.99. The highest BCUT2D eigenvalue weighted by Gasteiger charge is 2.30. The van der Waals surface area contributed by atoms with Crippen molar-refractivity contribution in [3.05, 3.63) is 34.4 Å². The Balaban J connectivity index is 2.91. The minimum Gasteiger partial charge on any atom is -0.314 e. The van der Waals surface area contributed by atoms with Crippen LogP contribution >= 0.6 is 0 Å². The van der Waals surface area contributed by atoms with E-state index in [0.29, 0.717) is 12.2 Å². The smallest absolute Gasteiger partial charge is 0.269 e. The second-order valence-electron chi connectivity index (χ2n) is 4.79. The first-order valence-electron chi connectivity index (χ1n) is 6.07. The number of anilines is 1. The fourth-order valence-electron chi connectivity index (χ4n) is 1.85. The Kier molecular flexibility index (Phi) is 4.61.